The lowest BCUT2D eigenvalue weighted by Gasteiger charge is -2.03. The molecule has 0 aromatic carbocycles. The highest BCUT2D eigenvalue weighted by Gasteiger charge is 2.28. The van der Waals surface area contributed by atoms with Crippen molar-refractivity contribution < 1.29 is 18.3 Å². The van der Waals surface area contributed by atoms with Crippen LogP contribution >= 0.6 is 0 Å². The summed E-state index contributed by atoms with van der Waals surface area (Å²) in [4.78, 5) is 13.5. The van der Waals surface area contributed by atoms with E-state index < -0.39 is 24.9 Å². The van der Waals surface area contributed by atoms with Crippen molar-refractivity contribution in [3.05, 3.63) is 11.4 Å². The standard InChI is InChI=1S/C7H9F2NO2/c1-3-12-7(11)5(10-2)4-6(8)9/h5-6H,3-4H2,1H3. The molecule has 0 amide bonds. The number of carbonyl (C=O) groups excluding carboxylic acids is 1. The van der Waals surface area contributed by atoms with E-state index in [1.165, 1.54) is 0 Å². The predicted octanol–water partition coefficient (Wildman–Crippen LogP) is 1.49. The number of esters is 1. The number of hydrogen-bond acceptors (Lipinski definition) is 2. The van der Waals surface area contributed by atoms with E-state index in [0.717, 1.165) is 0 Å². The Morgan fingerprint density at radius 1 is 1.67 bits per heavy atom. The van der Waals surface area contributed by atoms with Gasteiger partial charge >= 0.3 is 12.0 Å². The number of nitrogens with zero attached hydrogens (tertiary/aromatic N) is 1. The van der Waals surface area contributed by atoms with Crippen LogP contribution in [-0.4, -0.2) is 25.0 Å². The van der Waals surface area contributed by atoms with Crippen molar-refractivity contribution in [2.75, 3.05) is 6.61 Å². The maximum atomic E-state index is 11.7. The van der Waals surface area contributed by atoms with Gasteiger partial charge in [0.15, 0.2) is 0 Å². The zero-order valence-electron chi connectivity index (χ0n) is 6.59. The second kappa shape index (κ2) is 5.47. The second-order valence-electron chi connectivity index (χ2n) is 2.02. The highest BCUT2D eigenvalue weighted by Crippen LogP contribution is 2.08. The third kappa shape index (κ3) is 3.86. The minimum atomic E-state index is -2.64. The van der Waals surface area contributed by atoms with Crippen molar-refractivity contribution >= 4 is 5.97 Å². The Labute approximate surface area is 69.1 Å². The summed E-state index contributed by atoms with van der Waals surface area (Å²) < 4.78 is 27.9. The molecule has 0 aromatic heterocycles. The van der Waals surface area contributed by atoms with Gasteiger partial charge in [0.25, 0.3) is 0 Å². The number of carbonyl (C=O) groups is 1. The van der Waals surface area contributed by atoms with E-state index in [2.05, 4.69) is 9.58 Å². The molecule has 1 atom stereocenters. The average molecular weight is 177 g/mol. The van der Waals surface area contributed by atoms with E-state index >= 15 is 0 Å². The molecule has 3 nitrogen and oxygen atoms in total. The fraction of sp³-hybridized carbons (Fsp3) is 0.714. The summed E-state index contributed by atoms with van der Waals surface area (Å²) in [5, 5.41) is 0. The first-order valence-corrected chi connectivity index (χ1v) is 3.43. The van der Waals surface area contributed by atoms with Crippen molar-refractivity contribution in [1.29, 1.82) is 0 Å². The molecule has 1 unspecified atom stereocenters. The second-order valence-corrected chi connectivity index (χ2v) is 2.02. The fourth-order valence-electron chi connectivity index (χ4n) is 0.609. The minimum absolute atomic E-state index is 0.105. The molecule has 0 bridgehead atoms. The Kier molecular flexibility index (Phi) is 4.93. The number of rotatable bonds is 4. The molecule has 0 spiro atoms. The number of hydrogen-bond donors (Lipinski definition) is 0. The van der Waals surface area contributed by atoms with Crippen LogP contribution in [0.3, 0.4) is 0 Å². The van der Waals surface area contributed by atoms with Gasteiger partial charge in [0.05, 0.1) is 13.0 Å². The van der Waals surface area contributed by atoms with Crippen molar-refractivity contribution in [1.82, 2.24) is 0 Å². The van der Waals surface area contributed by atoms with E-state index in [0.29, 0.717) is 0 Å². The van der Waals surface area contributed by atoms with Crippen LogP contribution in [0.2, 0.25) is 0 Å². The van der Waals surface area contributed by atoms with Crippen molar-refractivity contribution in [3.63, 3.8) is 0 Å². The van der Waals surface area contributed by atoms with Crippen LogP contribution in [0.4, 0.5) is 8.78 Å². The Balaban J connectivity index is 3.99. The minimum Gasteiger partial charge on any atom is -0.460 e. The molecular formula is C7H9F2NO2. The summed E-state index contributed by atoms with van der Waals surface area (Å²) >= 11 is 0. The van der Waals surface area contributed by atoms with E-state index in [4.69, 9.17) is 6.57 Å². The molecular weight excluding hydrogens is 168 g/mol. The Morgan fingerprint density at radius 2 is 2.25 bits per heavy atom. The van der Waals surface area contributed by atoms with Gasteiger partial charge < -0.3 is 9.58 Å². The molecule has 0 aliphatic rings. The van der Waals surface area contributed by atoms with Gasteiger partial charge in [-0.15, -0.1) is 0 Å². The molecule has 12 heavy (non-hydrogen) atoms. The van der Waals surface area contributed by atoms with Crippen molar-refractivity contribution in [3.8, 4) is 0 Å². The quantitative estimate of drug-likeness (QED) is 0.481. The Morgan fingerprint density at radius 3 is 2.58 bits per heavy atom. The summed E-state index contributed by atoms with van der Waals surface area (Å²) in [7, 11) is 0. The van der Waals surface area contributed by atoms with Gasteiger partial charge in [0.2, 0.25) is 6.43 Å². The number of ether oxygens (including phenoxy) is 1. The monoisotopic (exact) mass is 177 g/mol. The molecule has 0 saturated heterocycles. The Hall–Kier alpha value is -1.18. The van der Waals surface area contributed by atoms with E-state index in [-0.39, 0.29) is 6.61 Å². The lowest BCUT2D eigenvalue weighted by molar-refractivity contribution is -0.144. The van der Waals surface area contributed by atoms with Crippen molar-refractivity contribution in [2.45, 2.75) is 25.8 Å². The zero-order chi connectivity index (χ0) is 9.56. The van der Waals surface area contributed by atoms with Gasteiger partial charge in [-0.2, -0.15) is 0 Å². The molecule has 5 heteroatoms. The molecule has 0 aromatic rings. The molecule has 0 radical (unpaired) electrons. The third-order valence-corrected chi connectivity index (χ3v) is 1.12. The van der Waals surface area contributed by atoms with Gasteiger partial charge in [-0.05, 0) is 6.92 Å². The van der Waals surface area contributed by atoms with Crippen LogP contribution in [0, 0.1) is 6.57 Å². The first-order valence-electron chi connectivity index (χ1n) is 3.43. The summed E-state index contributed by atoms with van der Waals surface area (Å²) in [6, 6.07) is -1.36. The Bertz CT molecular complexity index is 188. The number of halogens is 2. The average Bonchev–Trinajstić information content (AvgIpc) is 2.00. The lowest BCUT2D eigenvalue weighted by Crippen LogP contribution is -2.22. The summed E-state index contributed by atoms with van der Waals surface area (Å²) in [5.74, 6) is -0.868. The van der Waals surface area contributed by atoms with E-state index in [9.17, 15) is 13.6 Å². The van der Waals surface area contributed by atoms with Crippen LogP contribution in [0.5, 0.6) is 0 Å². The SMILES string of the molecule is [C-]#[N+]C(CC(F)F)C(=O)OCC. The van der Waals surface area contributed by atoms with Crippen LogP contribution < -0.4 is 0 Å². The molecule has 0 aliphatic heterocycles. The third-order valence-electron chi connectivity index (χ3n) is 1.12. The van der Waals surface area contributed by atoms with Crippen LogP contribution in [0.1, 0.15) is 13.3 Å². The van der Waals surface area contributed by atoms with Crippen LogP contribution in [-0.2, 0) is 9.53 Å². The summed E-state index contributed by atoms with van der Waals surface area (Å²) in [5.41, 5.74) is 0. The highest BCUT2D eigenvalue weighted by atomic mass is 19.3. The lowest BCUT2D eigenvalue weighted by atomic mass is 10.2. The topological polar surface area (TPSA) is 30.7 Å². The highest BCUT2D eigenvalue weighted by molar-refractivity contribution is 5.77. The van der Waals surface area contributed by atoms with Gasteiger partial charge in [-0.1, -0.05) is 0 Å². The largest absolute Gasteiger partial charge is 0.460 e. The van der Waals surface area contributed by atoms with Gasteiger partial charge in [0.1, 0.15) is 0 Å². The molecule has 0 rings (SSSR count). The summed E-state index contributed by atoms with van der Waals surface area (Å²) in [6.07, 6.45) is -3.39. The number of alkyl halides is 2. The predicted molar refractivity (Wildman–Crippen MR) is 37.6 cm³/mol. The van der Waals surface area contributed by atoms with Gasteiger partial charge in [-0.3, -0.25) is 0 Å². The molecule has 0 N–H and O–H groups in total. The zero-order valence-corrected chi connectivity index (χ0v) is 6.59. The first kappa shape index (κ1) is 10.8. The fourth-order valence-corrected chi connectivity index (χ4v) is 0.609. The first-order chi connectivity index (χ1) is 5.61. The molecule has 0 aliphatic carbocycles. The smallest absolute Gasteiger partial charge is 0.390 e. The molecule has 0 heterocycles. The van der Waals surface area contributed by atoms with E-state index in [1.807, 2.05) is 0 Å². The van der Waals surface area contributed by atoms with Gasteiger partial charge in [0, 0.05) is 0 Å². The van der Waals surface area contributed by atoms with Crippen LogP contribution in [0.25, 0.3) is 4.85 Å². The normalized spacial score (nSPS) is 12.2. The van der Waals surface area contributed by atoms with Crippen LogP contribution in [0.15, 0.2) is 0 Å². The van der Waals surface area contributed by atoms with E-state index in [1.54, 1.807) is 6.92 Å². The molecule has 0 fully saturated rings. The summed E-state index contributed by atoms with van der Waals surface area (Å²) in [6.45, 7) is 8.12. The van der Waals surface area contributed by atoms with Gasteiger partial charge in [-0.25, -0.2) is 20.1 Å². The molecule has 68 valence electrons. The maximum Gasteiger partial charge on any atom is 0.390 e. The maximum absolute atomic E-state index is 11.7. The van der Waals surface area contributed by atoms with Crippen molar-refractivity contribution in [2.24, 2.45) is 0 Å². The molecule has 0 saturated carbocycles.